The van der Waals surface area contributed by atoms with E-state index in [4.69, 9.17) is 15.2 Å². The van der Waals surface area contributed by atoms with Gasteiger partial charge in [0, 0.05) is 0 Å². The molecule has 0 bridgehead atoms. The highest BCUT2D eigenvalue weighted by Crippen LogP contribution is 2.32. The van der Waals surface area contributed by atoms with Crippen molar-refractivity contribution in [3.8, 4) is 5.06 Å². The number of carbonyl (C=O) groups excluding carboxylic acids is 1. The van der Waals surface area contributed by atoms with Crippen molar-refractivity contribution in [1.29, 1.82) is 0 Å². The van der Waals surface area contributed by atoms with Gasteiger partial charge in [-0.15, -0.1) is 0 Å². The van der Waals surface area contributed by atoms with Crippen LogP contribution >= 0.6 is 11.3 Å². The van der Waals surface area contributed by atoms with E-state index in [2.05, 4.69) is 0 Å². The summed E-state index contributed by atoms with van der Waals surface area (Å²) < 4.78 is 9.79. The highest BCUT2D eigenvalue weighted by Gasteiger charge is 2.16. The van der Waals surface area contributed by atoms with Crippen LogP contribution in [0, 0.1) is 0 Å². The summed E-state index contributed by atoms with van der Waals surface area (Å²) in [7, 11) is 1.49. The van der Waals surface area contributed by atoms with Gasteiger partial charge in [-0.2, -0.15) is 0 Å². The number of anilines is 1. The van der Waals surface area contributed by atoms with E-state index in [0.717, 1.165) is 0 Å². The van der Waals surface area contributed by atoms with Crippen LogP contribution in [0.3, 0.4) is 0 Å². The zero-order valence-electron chi connectivity index (χ0n) is 7.49. The van der Waals surface area contributed by atoms with E-state index in [0.29, 0.717) is 22.2 Å². The van der Waals surface area contributed by atoms with Crippen LogP contribution in [-0.2, 0) is 4.74 Å². The highest BCUT2D eigenvalue weighted by molar-refractivity contribution is 7.18. The van der Waals surface area contributed by atoms with E-state index in [-0.39, 0.29) is 0 Å². The molecule has 0 saturated heterocycles. The van der Waals surface area contributed by atoms with Crippen molar-refractivity contribution >= 4 is 22.3 Å². The van der Waals surface area contributed by atoms with Gasteiger partial charge in [-0.05, 0) is 13.0 Å². The highest BCUT2D eigenvalue weighted by atomic mass is 32.1. The molecular weight excluding hydrogens is 190 g/mol. The van der Waals surface area contributed by atoms with Gasteiger partial charge in [0.05, 0.1) is 18.7 Å². The van der Waals surface area contributed by atoms with Crippen LogP contribution in [0.5, 0.6) is 5.06 Å². The van der Waals surface area contributed by atoms with Gasteiger partial charge < -0.3 is 15.2 Å². The summed E-state index contributed by atoms with van der Waals surface area (Å²) in [6.07, 6.45) is 0. The van der Waals surface area contributed by atoms with Crippen LogP contribution in [-0.4, -0.2) is 19.7 Å². The summed E-state index contributed by atoms with van der Waals surface area (Å²) in [5, 5.41) is 1.04. The Morgan fingerprint density at radius 1 is 1.69 bits per heavy atom. The van der Waals surface area contributed by atoms with Gasteiger partial charge in [0.25, 0.3) is 0 Å². The smallest absolute Gasteiger partial charge is 0.342 e. The number of esters is 1. The molecule has 1 aromatic heterocycles. The molecule has 72 valence electrons. The number of nitrogen functional groups attached to an aromatic ring is 1. The normalized spacial score (nSPS) is 9.69. The maximum absolute atomic E-state index is 11.3. The molecule has 4 nitrogen and oxygen atoms in total. The first kappa shape index (κ1) is 9.85. The molecule has 0 radical (unpaired) electrons. The van der Waals surface area contributed by atoms with Crippen LogP contribution in [0.2, 0.25) is 0 Å². The molecule has 0 spiro atoms. The molecule has 1 rings (SSSR count). The Balaban J connectivity index is 2.91. The SMILES string of the molecule is CCOC(=O)c1cc(N)sc1OC. The molecule has 0 aromatic carbocycles. The second-order valence-corrected chi connectivity index (χ2v) is 3.32. The predicted octanol–water partition coefficient (Wildman–Crippen LogP) is 1.52. The molecule has 0 saturated carbocycles. The Bertz CT molecular complexity index is 308. The largest absolute Gasteiger partial charge is 0.487 e. The molecule has 1 aromatic rings. The fraction of sp³-hybridized carbons (Fsp3) is 0.375. The third kappa shape index (κ3) is 2.12. The van der Waals surface area contributed by atoms with Crippen molar-refractivity contribution in [1.82, 2.24) is 0 Å². The van der Waals surface area contributed by atoms with Crippen molar-refractivity contribution in [3.63, 3.8) is 0 Å². The summed E-state index contributed by atoms with van der Waals surface area (Å²) in [6, 6.07) is 1.56. The van der Waals surface area contributed by atoms with E-state index in [9.17, 15) is 4.79 Å². The van der Waals surface area contributed by atoms with Crippen molar-refractivity contribution in [2.45, 2.75) is 6.92 Å². The van der Waals surface area contributed by atoms with Crippen molar-refractivity contribution in [2.75, 3.05) is 19.5 Å². The third-order valence-electron chi connectivity index (χ3n) is 1.40. The molecule has 13 heavy (non-hydrogen) atoms. The molecule has 5 heteroatoms. The second kappa shape index (κ2) is 4.13. The van der Waals surface area contributed by atoms with Gasteiger partial charge in [-0.1, -0.05) is 11.3 Å². The van der Waals surface area contributed by atoms with Gasteiger partial charge >= 0.3 is 5.97 Å². The van der Waals surface area contributed by atoms with Crippen LogP contribution in [0.4, 0.5) is 5.00 Å². The molecule has 0 aliphatic rings. The van der Waals surface area contributed by atoms with Crippen LogP contribution in [0.25, 0.3) is 0 Å². The van der Waals surface area contributed by atoms with E-state index in [1.165, 1.54) is 18.4 Å². The molecule has 0 atom stereocenters. The average Bonchev–Trinajstić information content (AvgIpc) is 2.47. The Morgan fingerprint density at radius 2 is 2.38 bits per heavy atom. The molecule has 0 unspecified atom stereocenters. The quantitative estimate of drug-likeness (QED) is 0.753. The minimum absolute atomic E-state index is 0.345. The maximum Gasteiger partial charge on any atom is 0.342 e. The third-order valence-corrected chi connectivity index (χ3v) is 2.32. The predicted molar refractivity (Wildman–Crippen MR) is 51.2 cm³/mol. The Morgan fingerprint density at radius 3 is 2.92 bits per heavy atom. The number of thiophene rings is 1. The molecule has 0 aliphatic heterocycles. The second-order valence-electron chi connectivity index (χ2n) is 2.27. The lowest BCUT2D eigenvalue weighted by molar-refractivity contribution is 0.0524. The lowest BCUT2D eigenvalue weighted by Gasteiger charge is -2.00. The van der Waals surface area contributed by atoms with Gasteiger partial charge in [0.1, 0.15) is 5.56 Å². The Hall–Kier alpha value is -1.23. The van der Waals surface area contributed by atoms with Crippen LogP contribution < -0.4 is 10.5 Å². The zero-order valence-corrected chi connectivity index (χ0v) is 8.31. The number of hydrogen-bond acceptors (Lipinski definition) is 5. The van der Waals surface area contributed by atoms with Gasteiger partial charge in [-0.3, -0.25) is 0 Å². The van der Waals surface area contributed by atoms with Crippen molar-refractivity contribution < 1.29 is 14.3 Å². The molecular formula is C8H11NO3S. The van der Waals surface area contributed by atoms with E-state index < -0.39 is 5.97 Å². The number of hydrogen-bond donors (Lipinski definition) is 1. The standard InChI is InChI=1S/C8H11NO3S/c1-3-12-7(10)5-4-6(9)13-8(5)11-2/h4H,3,9H2,1-2H3. The molecule has 0 fully saturated rings. The van der Waals surface area contributed by atoms with Gasteiger partial charge in [0.2, 0.25) is 0 Å². The topological polar surface area (TPSA) is 61.5 Å². The number of ether oxygens (including phenoxy) is 2. The van der Waals surface area contributed by atoms with Gasteiger partial charge in [-0.25, -0.2) is 4.79 Å². The van der Waals surface area contributed by atoms with Crippen LogP contribution in [0.1, 0.15) is 17.3 Å². The minimum atomic E-state index is -0.396. The Labute approximate surface area is 80.3 Å². The van der Waals surface area contributed by atoms with Crippen molar-refractivity contribution in [2.24, 2.45) is 0 Å². The average molecular weight is 201 g/mol. The van der Waals surface area contributed by atoms with Gasteiger partial charge in [0.15, 0.2) is 5.06 Å². The van der Waals surface area contributed by atoms with E-state index >= 15 is 0 Å². The summed E-state index contributed by atoms with van der Waals surface area (Å²) in [4.78, 5) is 11.3. The van der Waals surface area contributed by atoms with Crippen LogP contribution in [0.15, 0.2) is 6.07 Å². The number of nitrogens with two attached hydrogens (primary N) is 1. The maximum atomic E-state index is 11.3. The fourth-order valence-electron chi connectivity index (χ4n) is 0.895. The van der Waals surface area contributed by atoms with E-state index in [1.54, 1.807) is 13.0 Å². The Kier molecular flexibility index (Phi) is 3.13. The molecule has 1 heterocycles. The lowest BCUT2D eigenvalue weighted by atomic mass is 10.3. The number of methoxy groups -OCH3 is 1. The van der Waals surface area contributed by atoms with Crippen molar-refractivity contribution in [3.05, 3.63) is 11.6 Å². The first-order valence-electron chi connectivity index (χ1n) is 3.79. The summed E-state index contributed by atoms with van der Waals surface area (Å²) in [6.45, 7) is 2.10. The molecule has 2 N–H and O–H groups in total. The van der Waals surface area contributed by atoms with E-state index in [1.807, 2.05) is 0 Å². The molecule has 0 aliphatic carbocycles. The lowest BCUT2D eigenvalue weighted by Crippen LogP contribution is -2.04. The summed E-state index contributed by atoms with van der Waals surface area (Å²) in [5.74, 6) is -0.396. The number of carbonyl (C=O) groups is 1. The number of rotatable bonds is 3. The fourth-order valence-corrected chi connectivity index (χ4v) is 1.62. The monoisotopic (exact) mass is 201 g/mol. The first-order chi connectivity index (χ1) is 6.19. The summed E-state index contributed by atoms with van der Waals surface area (Å²) in [5.41, 5.74) is 5.91. The first-order valence-corrected chi connectivity index (χ1v) is 4.61. The zero-order chi connectivity index (χ0) is 9.84. The molecule has 0 amide bonds. The minimum Gasteiger partial charge on any atom is -0.487 e. The summed E-state index contributed by atoms with van der Waals surface area (Å²) >= 11 is 1.22.